The molecule has 3 rings (SSSR count). The van der Waals surface area contributed by atoms with E-state index < -0.39 is 0 Å². The van der Waals surface area contributed by atoms with Gasteiger partial charge < -0.3 is 5.32 Å². The van der Waals surface area contributed by atoms with Crippen LogP contribution in [-0.2, 0) is 4.79 Å². The maximum absolute atomic E-state index is 13.1. The number of benzene rings is 2. The van der Waals surface area contributed by atoms with Gasteiger partial charge in [-0.3, -0.25) is 10.2 Å². The van der Waals surface area contributed by atoms with Crippen molar-refractivity contribution in [2.45, 2.75) is 19.9 Å². The average Bonchev–Trinajstić information content (AvgIpc) is 3.01. The van der Waals surface area contributed by atoms with Crippen molar-refractivity contribution in [1.29, 1.82) is 0 Å². The number of carbonyl (C=O) groups is 1. The van der Waals surface area contributed by atoms with E-state index in [2.05, 4.69) is 16.2 Å². The van der Waals surface area contributed by atoms with E-state index in [4.69, 9.17) is 0 Å². The molecule has 5 heteroatoms. The minimum absolute atomic E-state index is 0.0555. The molecule has 120 valence electrons. The molecule has 2 aromatic rings. The molecule has 4 nitrogen and oxygen atoms in total. The second-order valence-corrected chi connectivity index (χ2v) is 5.95. The first-order valence-electron chi connectivity index (χ1n) is 7.66. The molecule has 0 aliphatic carbocycles. The highest BCUT2D eigenvalue weighted by Gasteiger charge is 2.34. The standard InChI is InChI=1S/C18H20FN3O/c1-11-3-8-15(9-12(11)2)21-18(23)16-10-20-22-17(16)13-4-6-14(19)7-5-13/h3-9,16-17,20,22H,10H2,1-2H3,(H,21,23). The van der Waals surface area contributed by atoms with Crippen molar-refractivity contribution >= 4 is 11.6 Å². The quantitative estimate of drug-likeness (QED) is 0.817. The Bertz CT molecular complexity index is 715. The van der Waals surface area contributed by atoms with Gasteiger partial charge in [0, 0.05) is 12.2 Å². The smallest absolute Gasteiger partial charge is 0.230 e. The van der Waals surface area contributed by atoms with Gasteiger partial charge in [0.1, 0.15) is 5.82 Å². The summed E-state index contributed by atoms with van der Waals surface area (Å²) in [6.07, 6.45) is 0. The summed E-state index contributed by atoms with van der Waals surface area (Å²) in [5.41, 5.74) is 10.1. The molecule has 1 saturated heterocycles. The fourth-order valence-corrected chi connectivity index (χ4v) is 2.78. The highest BCUT2D eigenvalue weighted by molar-refractivity contribution is 5.93. The maximum Gasteiger partial charge on any atom is 0.230 e. The van der Waals surface area contributed by atoms with E-state index in [9.17, 15) is 9.18 Å². The minimum Gasteiger partial charge on any atom is -0.326 e. The number of amides is 1. The Hall–Kier alpha value is -2.24. The third-order valence-corrected chi connectivity index (χ3v) is 4.32. The maximum atomic E-state index is 13.1. The van der Waals surface area contributed by atoms with Crippen LogP contribution in [0.5, 0.6) is 0 Å². The molecule has 2 aromatic carbocycles. The van der Waals surface area contributed by atoms with Crippen LogP contribution in [0.25, 0.3) is 0 Å². The number of rotatable bonds is 3. The lowest BCUT2D eigenvalue weighted by Crippen LogP contribution is -2.29. The van der Waals surface area contributed by atoms with Gasteiger partial charge in [-0.25, -0.2) is 9.82 Å². The molecule has 0 radical (unpaired) electrons. The summed E-state index contributed by atoms with van der Waals surface area (Å²) in [6, 6.07) is 11.9. The third-order valence-electron chi connectivity index (χ3n) is 4.32. The van der Waals surface area contributed by atoms with Crippen LogP contribution in [0, 0.1) is 25.6 Å². The van der Waals surface area contributed by atoms with Gasteiger partial charge in [-0.2, -0.15) is 0 Å². The predicted octanol–water partition coefficient (Wildman–Crippen LogP) is 2.85. The number of halogens is 1. The predicted molar refractivity (Wildman–Crippen MR) is 88.3 cm³/mol. The summed E-state index contributed by atoms with van der Waals surface area (Å²) in [6.45, 7) is 4.58. The van der Waals surface area contributed by atoms with Gasteiger partial charge in [-0.05, 0) is 54.8 Å². The van der Waals surface area contributed by atoms with Crippen LogP contribution >= 0.6 is 0 Å². The highest BCUT2D eigenvalue weighted by Crippen LogP contribution is 2.26. The molecule has 2 unspecified atom stereocenters. The first-order chi connectivity index (χ1) is 11.0. The molecule has 0 aromatic heterocycles. The molecule has 23 heavy (non-hydrogen) atoms. The second kappa shape index (κ2) is 6.48. The van der Waals surface area contributed by atoms with E-state index in [-0.39, 0.29) is 23.7 Å². The topological polar surface area (TPSA) is 53.2 Å². The van der Waals surface area contributed by atoms with Gasteiger partial charge in [-0.1, -0.05) is 18.2 Å². The van der Waals surface area contributed by atoms with Gasteiger partial charge in [-0.15, -0.1) is 0 Å². The van der Waals surface area contributed by atoms with Crippen LogP contribution < -0.4 is 16.2 Å². The molecule has 3 N–H and O–H groups in total. The fraction of sp³-hybridized carbons (Fsp3) is 0.278. The van der Waals surface area contributed by atoms with E-state index in [1.165, 1.54) is 17.7 Å². The summed E-state index contributed by atoms with van der Waals surface area (Å²) in [5, 5.41) is 2.97. The number of anilines is 1. The van der Waals surface area contributed by atoms with Gasteiger partial charge >= 0.3 is 0 Å². The first kappa shape index (κ1) is 15.6. The van der Waals surface area contributed by atoms with Crippen molar-refractivity contribution in [3.8, 4) is 0 Å². The van der Waals surface area contributed by atoms with Gasteiger partial charge in [0.25, 0.3) is 0 Å². The SMILES string of the molecule is Cc1ccc(NC(=O)C2CNNC2c2ccc(F)cc2)cc1C. The number of nitrogens with one attached hydrogen (secondary N) is 3. The van der Waals surface area contributed by atoms with Gasteiger partial charge in [0.2, 0.25) is 5.91 Å². The molecular weight excluding hydrogens is 293 g/mol. The summed E-state index contributed by atoms with van der Waals surface area (Å²) < 4.78 is 13.1. The molecule has 1 aliphatic rings. The Kier molecular flexibility index (Phi) is 4.41. The van der Waals surface area contributed by atoms with E-state index in [1.807, 2.05) is 32.0 Å². The van der Waals surface area contributed by atoms with Crippen molar-refractivity contribution in [3.05, 3.63) is 65.0 Å². The normalized spacial score (nSPS) is 20.5. The largest absolute Gasteiger partial charge is 0.326 e. The molecule has 0 saturated carbocycles. The van der Waals surface area contributed by atoms with Crippen molar-refractivity contribution < 1.29 is 9.18 Å². The van der Waals surface area contributed by atoms with Crippen molar-refractivity contribution in [2.75, 3.05) is 11.9 Å². The molecule has 2 atom stereocenters. The lowest BCUT2D eigenvalue weighted by Gasteiger charge is -2.18. The van der Waals surface area contributed by atoms with Crippen LogP contribution in [0.1, 0.15) is 22.7 Å². The summed E-state index contributed by atoms with van der Waals surface area (Å²) in [4.78, 5) is 12.6. The molecule has 1 fully saturated rings. The van der Waals surface area contributed by atoms with Crippen LogP contribution in [0.3, 0.4) is 0 Å². The lowest BCUT2D eigenvalue weighted by atomic mass is 9.94. The minimum atomic E-state index is -0.282. The van der Waals surface area contributed by atoms with Crippen molar-refractivity contribution in [2.24, 2.45) is 5.92 Å². The molecule has 1 aliphatic heterocycles. The number of carbonyl (C=O) groups excluding carboxylic acids is 1. The molecule has 1 amide bonds. The Morgan fingerprint density at radius 2 is 1.87 bits per heavy atom. The second-order valence-electron chi connectivity index (χ2n) is 5.95. The molecule has 0 bridgehead atoms. The van der Waals surface area contributed by atoms with E-state index in [0.717, 1.165) is 16.8 Å². The zero-order valence-corrected chi connectivity index (χ0v) is 13.2. The summed E-state index contributed by atoms with van der Waals surface area (Å²) in [7, 11) is 0. The highest BCUT2D eigenvalue weighted by atomic mass is 19.1. The number of hydrazine groups is 1. The zero-order valence-electron chi connectivity index (χ0n) is 13.2. The molecular formula is C18H20FN3O. The van der Waals surface area contributed by atoms with Crippen molar-refractivity contribution in [3.63, 3.8) is 0 Å². The Labute approximate surface area is 135 Å². The van der Waals surface area contributed by atoms with E-state index >= 15 is 0 Å². The van der Waals surface area contributed by atoms with Crippen LogP contribution in [-0.4, -0.2) is 12.5 Å². The van der Waals surface area contributed by atoms with Crippen LogP contribution in [0.4, 0.5) is 10.1 Å². The zero-order chi connectivity index (χ0) is 16.4. The third kappa shape index (κ3) is 3.41. The van der Waals surface area contributed by atoms with E-state index in [1.54, 1.807) is 12.1 Å². The Morgan fingerprint density at radius 3 is 2.57 bits per heavy atom. The number of hydrogen-bond donors (Lipinski definition) is 3. The van der Waals surface area contributed by atoms with Crippen LogP contribution in [0.2, 0.25) is 0 Å². The Balaban J connectivity index is 1.75. The lowest BCUT2D eigenvalue weighted by molar-refractivity contribution is -0.119. The molecule has 1 heterocycles. The summed E-state index contributed by atoms with van der Waals surface area (Å²) in [5.74, 6) is -0.599. The van der Waals surface area contributed by atoms with Gasteiger partial charge in [0.15, 0.2) is 0 Å². The summed E-state index contributed by atoms with van der Waals surface area (Å²) >= 11 is 0. The fourth-order valence-electron chi connectivity index (χ4n) is 2.78. The number of aryl methyl sites for hydroxylation is 2. The monoisotopic (exact) mass is 313 g/mol. The average molecular weight is 313 g/mol. The first-order valence-corrected chi connectivity index (χ1v) is 7.66. The number of hydrogen-bond acceptors (Lipinski definition) is 3. The van der Waals surface area contributed by atoms with Crippen LogP contribution in [0.15, 0.2) is 42.5 Å². The van der Waals surface area contributed by atoms with Gasteiger partial charge in [0.05, 0.1) is 12.0 Å². The van der Waals surface area contributed by atoms with Crippen molar-refractivity contribution in [1.82, 2.24) is 10.9 Å². The Morgan fingerprint density at radius 1 is 1.13 bits per heavy atom. The van der Waals surface area contributed by atoms with E-state index in [0.29, 0.717) is 6.54 Å². The molecule has 0 spiro atoms.